The van der Waals surface area contributed by atoms with E-state index < -0.39 is 0 Å². The molecule has 2 nitrogen and oxygen atoms in total. The van der Waals surface area contributed by atoms with Crippen molar-refractivity contribution >= 4 is 5.78 Å². The van der Waals surface area contributed by atoms with Crippen LogP contribution in [0.3, 0.4) is 0 Å². The second kappa shape index (κ2) is 5.32. The number of benzene rings is 2. The van der Waals surface area contributed by atoms with Gasteiger partial charge in [0, 0.05) is 11.5 Å². The Bertz CT molecular complexity index is 693. The van der Waals surface area contributed by atoms with Gasteiger partial charge in [0.15, 0.2) is 5.78 Å². The summed E-state index contributed by atoms with van der Waals surface area (Å²) in [5, 5.41) is 0. The number of carbonyl (C=O) groups is 1. The lowest BCUT2D eigenvalue weighted by Crippen LogP contribution is -2.04. The molecule has 0 amide bonds. The molecule has 1 fully saturated rings. The van der Waals surface area contributed by atoms with Gasteiger partial charge in [-0.25, -0.2) is 4.39 Å². The highest BCUT2D eigenvalue weighted by atomic mass is 19.1. The van der Waals surface area contributed by atoms with Crippen LogP contribution in [-0.2, 0) is 0 Å². The summed E-state index contributed by atoms with van der Waals surface area (Å²) in [7, 11) is 1.61. The smallest absolute Gasteiger partial charge is 0.166 e. The van der Waals surface area contributed by atoms with Gasteiger partial charge in [-0.15, -0.1) is 0 Å². The number of halogens is 1. The highest BCUT2D eigenvalue weighted by molar-refractivity contribution is 6.00. The molecule has 108 valence electrons. The third kappa shape index (κ3) is 2.56. The SMILES string of the molecule is COc1ccc(C(=O)C2CC2c2ccccc2F)cc1C. The Labute approximate surface area is 123 Å². The Morgan fingerprint density at radius 2 is 2.00 bits per heavy atom. The van der Waals surface area contributed by atoms with E-state index in [2.05, 4.69) is 0 Å². The van der Waals surface area contributed by atoms with Crippen molar-refractivity contribution in [2.75, 3.05) is 7.11 Å². The van der Waals surface area contributed by atoms with Crippen molar-refractivity contribution in [1.29, 1.82) is 0 Å². The second-order valence-electron chi connectivity index (χ2n) is 5.52. The topological polar surface area (TPSA) is 26.3 Å². The van der Waals surface area contributed by atoms with Gasteiger partial charge >= 0.3 is 0 Å². The summed E-state index contributed by atoms with van der Waals surface area (Å²) in [6.07, 6.45) is 0.727. The van der Waals surface area contributed by atoms with Crippen LogP contribution in [0.15, 0.2) is 42.5 Å². The van der Waals surface area contributed by atoms with Crippen molar-refractivity contribution in [3.05, 3.63) is 65.0 Å². The van der Waals surface area contributed by atoms with Gasteiger partial charge in [0.25, 0.3) is 0 Å². The second-order valence-corrected chi connectivity index (χ2v) is 5.52. The molecule has 1 aliphatic carbocycles. The predicted molar refractivity (Wildman–Crippen MR) is 79.3 cm³/mol. The third-order valence-corrected chi connectivity index (χ3v) is 4.11. The molecule has 0 spiro atoms. The standard InChI is InChI=1S/C18H17FO2/c1-11-9-12(7-8-17(11)21-2)18(20)15-10-14(15)13-5-3-4-6-16(13)19/h3-9,14-15H,10H2,1-2H3. The number of carbonyl (C=O) groups excluding carboxylic acids is 1. The summed E-state index contributed by atoms with van der Waals surface area (Å²) in [4.78, 5) is 12.5. The van der Waals surface area contributed by atoms with Crippen LogP contribution in [0.5, 0.6) is 5.75 Å². The molecule has 0 bridgehead atoms. The zero-order chi connectivity index (χ0) is 15.0. The Kier molecular flexibility index (Phi) is 3.50. The molecule has 2 unspecified atom stereocenters. The normalized spacial score (nSPS) is 20.1. The van der Waals surface area contributed by atoms with Crippen LogP contribution in [0.2, 0.25) is 0 Å². The fraction of sp³-hybridized carbons (Fsp3) is 0.278. The van der Waals surface area contributed by atoms with Crippen molar-refractivity contribution < 1.29 is 13.9 Å². The molecule has 0 saturated heterocycles. The molecule has 1 aliphatic rings. The van der Waals surface area contributed by atoms with Crippen LogP contribution >= 0.6 is 0 Å². The van der Waals surface area contributed by atoms with E-state index in [-0.39, 0.29) is 23.4 Å². The van der Waals surface area contributed by atoms with Crippen molar-refractivity contribution in [2.24, 2.45) is 5.92 Å². The van der Waals surface area contributed by atoms with Gasteiger partial charge in [-0.3, -0.25) is 4.79 Å². The van der Waals surface area contributed by atoms with Gasteiger partial charge in [-0.1, -0.05) is 18.2 Å². The minimum atomic E-state index is -0.219. The zero-order valence-electron chi connectivity index (χ0n) is 12.1. The largest absolute Gasteiger partial charge is 0.496 e. The van der Waals surface area contributed by atoms with Gasteiger partial charge < -0.3 is 4.74 Å². The molecule has 0 aliphatic heterocycles. The van der Waals surface area contributed by atoms with Crippen LogP contribution in [0.25, 0.3) is 0 Å². The lowest BCUT2D eigenvalue weighted by atomic mass is 10.0. The highest BCUT2D eigenvalue weighted by Gasteiger charge is 2.45. The molecular formula is C18H17FO2. The molecule has 3 heteroatoms. The van der Waals surface area contributed by atoms with E-state index in [1.165, 1.54) is 6.07 Å². The van der Waals surface area contributed by atoms with Gasteiger partial charge in [-0.2, -0.15) is 0 Å². The van der Waals surface area contributed by atoms with E-state index in [1.54, 1.807) is 25.3 Å². The number of hydrogen-bond donors (Lipinski definition) is 0. The lowest BCUT2D eigenvalue weighted by molar-refractivity contribution is 0.0965. The quantitative estimate of drug-likeness (QED) is 0.789. The summed E-state index contributed by atoms with van der Waals surface area (Å²) in [5.41, 5.74) is 2.27. The summed E-state index contributed by atoms with van der Waals surface area (Å²) in [5.74, 6) is 0.557. The van der Waals surface area contributed by atoms with Gasteiger partial charge in [-0.05, 0) is 54.7 Å². The number of methoxy groups -OCH3 is 1. The average molecular weight is 284 g/mol. The summed E-state index contributed by atoms with van der Waals surface area (Å²) in [6, 6.07) is 12.1. The highest BCUT2D eigenvalue weighted by Crippen LogP contribution is 2.50. The van der Waals surface area contributed by atoms with E-state index in [4.69, 9.17) is 4.74 Å². The maximum absolute atomic E-state index is 13.8. The molecule has 2 aromatic rings. The molecule has 0 heterocycles. The van der Waals surface area contributed by atoms with Crippen LogP contribution in [0.1, 0.15) is 33.8 Å². The maximum Gasteiger partial charge on any atom is 0.166 e. The third-order valence-electron chi connectivity index (χ3n) is 4.11. The minimum Gasteiger partial charge on any atom is -0.496 e. The molecule has 0 N–H and O–H groups in total. The van der Waals surface area contributed by atoms with Gasteiger partial charge in [0.1, 0.15) is 11.6 Å². The van der Waals surface area contributed by atoms with Gasteiger partial charge in [0.05, 0.1) is 7.11 Å². The van der Waals surface area contributed by atoms with Crippen molar-refractivity contribution in [2.45, 2.75) is 19.3 Å². The molecule has 0 radical (unpaired) electrons. The van der Waals surface area contributed by atoms with E-state index >= 15 is 0 Å². The summed E-state index contributed by atoms with van der Waals surface area (Å²) in [6.45, 7) is 1.91. The number of ether oxygens (including phenoxy) is 1. The van der Waals surface area contributed by atoms with Crippen LogP contribution in [-0.4, -0.2) is 12.9 Å². The van der Waals surface area contributed by atoms with Crippen LogP contribution in [0.4, 0.5) is 4.39 Å². The van der Waals surface area contributed by atoms with Crippen molar-refractivity contribution in [3.63, 3.8) is 0 Å². The predicted octanol–water partition coefficient (Wildman–Crippen LogP) is 4.13. The fourth-order valence-corrected chi connectivity index (χ4v) is 2.85. The lowest BCUT2D eigenvalue weighted by Gasteiger charge is -2.07. The molecule has 2 aromatic carbocycles. The number of Topliss-reactive ketones (excluding diaryl/α,β-unsaturated/α-hetero) is 1. The Balaban J connectivity index is 1.79. The van der Waals surface area contributed by atoms with Crippen LogP contribution < -0.4 is 4.74 Å². The average Bonchev–Trinajstić information content (AvgIpc) is 3.27. The Hall–Kier alpha value is -2.16. The first kappa shape index (κ1) is 13.8. The minimum absolute atomic E-state index is 0.0149. The monoisotopic (exact) mass is 284 g/mol. The van der Waals surface area contributed by atoms with Gasteiger partial charge in [0.2, 0.25) is 0 Å². The van der Waals surface area contributed by atoms with Crippen LogP contribution in [0, 0.1) is 18.7 Å². The summed E-state index contributed by atoms with van der Waals surface area (Å²) < 4.78 is 19.0. The molecule has 3 rings (SSSR count). The molecule has 2 atom stereocenters. The number of rotatable bonds is 4. The van der Waals surface area contributed by atoms with E-state index in [0.29, 0.717) is 11.1 Å². The number of hydrogen-bond acceptors (Lipinski definition) is 2. The Morgan fingerprint density at radius 1 is 1.24 bits per heavy atom. The maximum atomic E-state index is 13.8. The number of aryl methyl sites for hydroxylation is 1. The summed E-state index contributed by atoms with van der Waals surface area (Å²) >= 11 is 0. The molecule has 1 saturated carbocycles. The van der Waals surface area contributed by atoms with E-state index in [0.717, 1.165) is 17.7 Å². The first-order valence-corrected chi connectivity index (χ1v) is 7.05. The number of ketones is 1. The fourth-order valence-electron chi connectivity index (χ4n) is 2.85. The Morgan fingerprint density at radius 3 is 2.67 bits per heavy atom. The zero-order valence-corrected chi connectivity index (χ0v) is 12.1. The van der Waals surface area contributed by atoms with E-state index in [1.807, 2.05) is 25.1 Å². The first-order valence-electron chi connectivity index (χ1n) is 7.05. The van der Waals surface area contributed by atoms with Crippen molar-refractivity contribution in [3.8, 4) is 5.75 Å². The molecule has 21 heavy (non-hydrogen) atoms. The van der Waals surface area contributed by atoms with Crippen molar-refractivity contribution in [1.82, 2.24) is 0 Å². The van der Waals surface area contributed by atoms with E-state index in [9.17, 15) is 9.18 Å². The molecule has 0 aromatic heterocycles. The first-order chi connectivity index (χ1) is 10.1. The molecular weight excluding hydrogens is 267 g/mol.